The Morgan fingerprint density at radius 2 is 1.07 bits per heavy atom. The van der Waals surface area contributed by atoms with E-state index in [1.165, 1.54) is 11.1 Å². The van der Waals surface area contributed by atoms with Gasteiger partial charge in [0.15, 0.2) is 0 Å². The maximum Gasteiger partial charge on any atom is 0.377 e. The summed E-state index contributed by atoms with van der Waals surface area (Å²) in [5.41, 5.74) is 8.40. The molecular weight excluding hydrogens is 600 g/mol. The minimum atomic E-state index is -4.94. The average Bonchev–Trinajstić information content (AvgIpc) is 3.01. The second-order valence-electron chi connectivity index (χ2n) is 10.8. The summed E-state index contributed by atoms with van der Waals surface area (Å²) >= 11 is 0. The highest BCUT2D eigenvalue weighted by molar-refractivity contribution is 6.12. The predicted molar refractivity (Wildman–Crippen MR) is 177 cm³/mol. The molecule has 0 fully saturated rings. The number of benzene rings is 4. The van der Waals surface area contributed by atoms with Crippen LogP contribution in [0, 0.1) is 24.1 Å². The summed E-state index contributed by atoms with van der Waals surface area (Å²) in [7, 11) is 3.16. The summed E-state index contributed by atoms with van der Waals surface area (Å²) in [6.45, 7) is 4.20. The summed E-state index contributed by atoms with van der Waals surface area (Å²) in [5, 5.41) is 0. The molecule has 0 saturated heterocycles. The minimum absolute atomic E-state index is 0.872. The quantitative estimate of drug-likeness (QED) is 0.132. The van der Waals surface area contributed by atoms with Gasteiger partial charge in [0.2, 0.25) is 5.71 Å². The Morgan fingerprint density at radius 3 is 1.52 bits per heavy atom. The highest BCUT2D eigenvalue weighted by Gasteiger charge is 2.17. The molecule has 4 rings (SSSR count). The molecule has 8 nitrogen and oxygen atoms in total. The van der Waals surface area contributed by atoms with Crippen LogP contribution in [0.5, 0.6) is 0 Å². The molecule has 0 bridgehead atoms. The highest BCUT2D eigenvalue weighted by Crippen LogP contribution is 2.20. The van der Waals surface area contributed by atoms with Crippen molar-refractivity contribution in [2.45, 2.75) is 13.8 Å². The monoisotopic (exact) mass is 638 g/mol. The molecule has 0 radical (unpaired) electrons. The van der Waals surface area contributed by atoms with E-state index < -0.39 is 10.2 Å². The fourth-order valence-electron chi connectivity index (χ4n) is 4.32. The Bertz CT molecular complexity index is 1700. The number of amidine groups is 2. The second kappa shape index (κ2) is 17.1. The Balaban J connectivity index is 0.00000107. The van der Waals surface area contributed by atoms with Gasteiger partial charge in [0.1, 0.15) is 5.84 Å². The van der Waals surface area contributed by atoms with Crippen LogP contribution in [-0.2, 0) is 0 Å². The van der Waals surface area contributed by atoms with Crippen LogP contribution in [0.25, 0.3) is 5.70 Å². The molecule has 0 unspecified atom stereocenters. The van der Waals surface area contributed by atoms with Crippen LogP contribution in [-0.4, -0.2) is 55.4 Å². The van der Waals surface area contributed by atoms with Gasteiger partial charge < -0.3 is 4.90 Å². The van der Waals surface area contributed by atoms with Gasteiger partial charge in [-0.05, 0) is 44.2 Å². The fraction of sp³-hybridized carbons (Fsp3) is 0.162. The zero-order valence-corrected chi connectivity index (χ0v) is 27.7. The smallest absolute Gasteiger partial charge is 0.362 e. The second-order valence-corrected chi connectivity index (χ2v) is 11.6. The molecule has 0 aliphatic carbocycles. The highest BCUT2D eigenvalue weighted by atomic mass is 35.7. The maximum absolute atomic E-state index is 8.49. The molecule has 0 atom stereocenters. The molecule has 46 heavy (non-hydrogen) atoms. The molecule has 0 saturated carbocycles. The SMILES string of the molecule is Cc1ccc(C(/C=C/C=C(\N=C(c2ccccc2)N(C)C)c2ccc(C)cc2)=[N+]=C(c2ccccc2)N(C)C)cc1.[O-][Cl+3]([O-])([O-])[O-]. The van der Waals surface area contributed by atoms with Crippen molar-refractivity contribution in [2.24, 2.45) is 4.99 Å². The van der Waals surface area contributed by atoms with E-state index in [1.807, 2.05) is 70.7 Å². The van der Waals surface area contributed by atoms with Crippen LogP contribution in [0.4, 0.5) is 0 Å². The molecule has 4 aromatic carbocycles. The molecule has 0 aliphatic heterocycles. The number of aliphatic imine (C=N–C) groups is 1. The van der Waals surface area contributed by atoms with Crippen molar-refractivity contribution < 1.29 is 28.9 Å². The van der Waals surface area contributed by atoms with Crippen LogP contribution < -0.4 is 23.3 Å². The van der Waals surface area contributed by atoms with E-state index >= 15 is 0 Å². The van der Waals surface area contributed by atoms with Gasteiger partial charge in [0, 0.05) is 36.9 Å². The number of nitrogens with zero attached hydrogens (tertiary/aromatic N) is 4. The first-order chi connectivity index (χ1) is 21.8. The van der Waals surface area contributed by atoms with Gasteiger partial charge in [-0.25, -0.2) is 28.3 Å². The standard InChI is InChI=1S/C37H39N4.ClHO4/c1-28-20-24-30(25-21-28)34(38-36(40(3)4)32-14-9-7-10-15-32)18-13-19-35(31-26-22-29(2)23-27-31)39-37(41(5)6)33-16-11-8-12-17-33;2-1(3,4)5/h7-27H,1-6H3;(H,2,3,4,5)/q+1;/p-1. The van der Waals surface area contributed by atoms with E-state index in [9.17, 15) is 0 Å². The van der Waals surface area contributed by atoms with Gasteiger partial charge in [-0.3, -0.25) is 4.90 Å². The van der Waals surface area contributed by atoms with Gasteiger partial charge in [-0.15, -0.1) is 10.2 Å². The van der Waals surface area contributed by atoms with Crippen molar-refractivity contribution in [3.63, 3.8) is 0 Å². The van der Waals surface area contributed by atoms with Gasteiger partial charge >= 0.3 is 5.84 Å². The van der Waals surface area contributed by atoms with E-state index in [0.717, 1.165) is 45.3 Å². The Labute approximate surface area is 273 Å². The Hall–Kier alpha value is -4.79. The number of hydrogen-bond donors (Lipinski definition) is 0. The summed E-state index contributed by atoms with van der Waals surface area (Å²) < 4.78 is 39.1. The molecule has 0 amide bonds. The third kappa shape index (κ3) is 12.0. The maximum atomic E-state index is 8.49. The lowest BCUT2D eigenvalue weighted by Crippen LogP contribution is -2.68. The van der Waals surface area contributed by atoms with E-state index in [4.69, 9.17) is 28.3 Å². The molecule has 0 aliphatic rings. The third-order valence-electron chi connectivity index (χ3n) is 6.57. The lowest BCUT2D eigenvalue weighted by Gasteiger charge is -2.17. The van der Waals surface area contributed by atoms with Crippen LogP contribution in [0.2, 0.25) is 0 Å². The first-order valence-electron chi connectivity index (χ1n) is 14.5. The fourth-order valence-corrected chi connectivity index (χ4v) is 4.32. The normalized spacial score (nSPS) is 11.8. The molecule has 238 valence electrons. The number of allylic oxidation sites excluding steroid dienone is 3. The van der Waals surface area contributed by atoms with E-state index in [0.29, 0.717) is 0 Å². The molecule has 0 heterocycles. The lowest BCUT2D eigenvalue weighted by atomic mass is 10.1. The number of rotatable bonds is 7. The number of hydrogen-bond acceptors (Lipinski definition) is 5. The van der Waals surface area contributed by atoms with Crippen molar-refractivity contribution in [3.05, 3.63) is 161 Å². The van der Waals surface area contributed by atoms with Crippen LogP contribution in [0.15, 0.2) is 132 Å². The minimum Gasteiger partial charge on any atom is -0.362 e. The van der Waals surface area contributed by atoms with Crippen molar-refractivity contribution in [1.29, 1.82) is 0 Å². The molecular formula is C37H39ClN4O4. The zero-order chi connectivity index (χ0) is 33.7. The largest absolute Gasteiger partial charge is 0.377 e. The Kier molecular flexibility index (Phi) is 13.2. The topological polar surface area (TPSA) is 125 Å². The van der Waals surface area contributed by atoms with Gasteiger partial charge in [-0.1, -0.05) is 102 Å². The first kappa shape index (κ1) is 35.7. The van der Waals surface area contributed by atoms with Crippen molar-refractivity contribution in [2.75, 3.05) is 28.2 Å². The first-order valence-corrected chi connectivity index (χ1v) is 15.7. The third-order valence-corrected chi connectivity index (χ3v) is 6.57. The van der Waals surface area contributed by atoms with Crippen molar-refractivity contribution in [1.82, 2.24) is 14.5 Å². The molecule has 0 N–H and O–H groups in total. The van der Waals surface area contributed by atoms with Gasteiger partial charge in [0.25, 0.3) is 0 Å². The van der Waals surface area contributed by atoms with E-state index in [1.54, 1.807) is 0 Å². The summed E-state index contributed by atoms with van der Waals surface area (Å²) in [4.78, 5) is 9.27. The van der Waals surface area contributed by atoms with Crippen LogP contribution in [0.1, 0.15) is 33.4 Å². The summed E-state index contributed by atoms with van der Waals surface area (Å²) in [6, 6.07) is 37.6. The number of halogens is 1. The molecule has 0 aromatic heterocycles. The average molecular weight is 639 g/mol. The molecule has 9 heteroatoms. The number of aryl methyl sites for hydroxylation is 2. The van der Waals surface area contributed by atoms with Gasteiger partial charge in [-0.2, -0.15) is 0 Å². The van der Waals surface area contributed by atoms with Crippen molar-refractivity contribution in [3.8, 4) is 0 Å². The van der Waals surface area contributed by atoms with Gasteiger partial charge in [0.05, 0.1) is 25.4 Å². The van der Waals surface area contributed by atoms with E-state index in [-0.39, 0.29) is 0 Å². The van der Waals surface area contributed by atoms with Crippen molar-refractivity contribution >= 4 is 23.1 Å². The summed E-state index contributed by atoms with van der Waals surface area (Å²) in [5.74, 6) is 1.79. The Morgan fingerprint density at radius 1 is 0.609 bits per heavy atom. The lowest BCUT2D eigenvalue weighted by molar-refractivity contribution is -2.00. The predicted octanol–water partition coefficient (Wildman–Crippen LogP) is 2.02. The summed E-state index contributed by atoms with van der Waals surface area (Å²) in [6.07, 6.45) is 6.19. The van der Waals surface area contributed by atoms with Crippen LogP contribution >= 0.6 is 0 Å². The molecule has 4 aromatic rings. The van der Waals surface area contributed by atoms with E-state index in [2.05, 4.69) is 109 Å². The molecule has 0 spiro atoms. The van der Waals surface area contributed by atoms with Crippen LogP contribution in [0.3, 0.4) is 0 Å². The zero-order valence-electron chi connectivity index (χ0n) is 26.9.